The highest BCUT2D eigenvalue weighted by atomic mass is 16.6. The van der Waals surface area contributed by atoms with E-state index in [1.807, 2.05) is 31.6 Å². The van der Waals surface area contributed by atoms with E-state index < -0.39 is 17.7 Å². The molecule has 1 atom stereocenters. The lowest BCUT2D eigenvalue weighted by Gasteiger charge is -2.33. The molecular formula is C17H25N3O4. The Morgan fingerprint density at radius 2 is 2.08 bits per heavy atom. The molecule has 0 saturated heterocycles. The molecule has 1 aromatic rings. The standard InChI is InChI=1S/C17H25N3O4/c1-17(2,3)24-16(23)19-8-12(6-14(21)22)15-13(9-19)10-20(18-15)7-11-4-5-11/h10-12H,4-9H2,1-3H3,(H,21,22). The average molecular weight is 335 g/mol. The maximum absolute atomic E-state index is 12.4. The van der Waals surface area contributed by atoms with Crippen molar-refractivity contribution >= 4 is 12.1 Å². The molecule has 1 aliphatic carbocycles. The van der Waals surface area contributed by atoms with Gasteiger partial charge in [0.05, 0.1) is 18.7 Å². The number of aliphatic carboxylic acids is 1. The van der Waals surface area contributed by atoms with Crippen molar-refractivity contribution < 1.29 is 19.4 Å². The van der Waals surface area contributed by atoms with Gasteiger partial charge in [-0.25, -0.2) is 4.79 Å². The van der Waals surface area contributed by atoms with Crippen LogP contribution in [0.1, 0.15) is 57.2 Å². The van der Waals surface area contributed by atoms with Crippen molar-refractivity contribution in [3.63, 3.8) is 0 Å². The number of carbonyl (C=O) groups is 2. The molecule has 2 aliphatic rings. The van der Waals surface area contributed by atoms with E-state index in [9.17, 15) is 14.7 Å². The zero-order chi connectivity index (χ0) is 17.5. The topological polar surface area (TPSA) is 84.7 Å². The molecule has 1 aliphatic heterocycles. The van der Waals surface area contributed by atoms with Crippen molar-refractivity contribution in [3.05, 3.63) is 17.5 Å². The second-order valence-corrected chi connectivity index (χ2v) is 7.86. The zero-order valence-electron chi connectivity index (χ0n) is 14.5. The van der Waals surface area contributed by atoms with Gasteiger partial charge in [0.2, 0.25) is 0 Å². The van der Waals surface area contributed by atoms with Crippen LogP contribution < -0.4 is 0 Å². The SMILES string of the molecule is CC(C)(C)OC(=O)N1Cc2cn(CC3CC3)nc2C(CC(=O)O)C1. The predicted molar refractivity (Wildman–Crippen MR) is 86.6 cm³/mol. The minimum Gasteiger partial charge on any atom is -0.481 e. The lowest BCUT2D eigenvalue weighted by atomic mass is 9.94. The third kappa shape index (κ3) is 4.07. The number of carbonyl (C=O) groups excluding carboxylic acids is 1. The molecule has 132 valence electrons. The first-order valence-electron chi connectivity index (χ1n) is 8.47. The van der Waals surface area contributed by atoms with Crippen LogP contribution in [0.2, 0.25) is 0 Å². The molecular weight excluding hydrogens is 310 g/mol. The largest absolute Gasteiger partial charge is 0.481 e. The second-order valence-electron chi connectivity index (χ2n) is 7.86. The number of rotatable bonds is 4. The number of hydrogen-bond donors (Lipinski definition) is 1. The number of nitrogens with zero attached hydrogens (tertiary/aromatic N) is 3. The van der Waals surface area contributed by atoms with Gasteiger partial charge in [-0.05, 0) is 39.5 Å². The lowest BCUT2D eigenvalue weighted by molar-refractivity contribution is -0.137. The van der Waals surface area contributed by atoms with Crippen molar-refractivity contribution in [3.8, 4) is 0 Å². The fraction of sp³-hybridized carbons (Fsp3) is 0.706. The molecule has 7 heteroatoms. The Morgan fingerprint density at radius 1 is 1.38 bits per heavy atom. The summed E-state index contributed by atoms with van der Waals surface area (Å²) in [6, 6.07) is 0. The van der Waals surface area contributed by atoms with E-state index in [1.165, 1.54) is 12.8 Å². The molecule has 0 spiro atoms. The summed E-state index contributed by atoms with van der Waals surface area (Å²) >= 11 is 0. The van der Waals surface area contributed by atoms with Crippen LogP contribution in [-0.2, 0) is 22.6 Å². The quantitative estimate of drug-likeness (QED) is 0.914. The first kappa shape index (κ1) is 16.8. The van der Waals surface area contributed by atoms with Crippen LogP contribution in [0.15, 0.2) is 6.20 Å². The summed E-state index contributed by atoms with van der Waals surface area (Å²) in [5.41, 5.74) is 1.17. The van der Waals surface area contributed by atoms with E-state index in [-0.39, 0.29) is 12.3 Å². The number of aromatic nitrogens is 2. The van der Waals surface area contributed by atoms with Crippen LogP contribution in [-0.4, -0.2) is 44.0 Å². The molecule has 1 aromatic heterocycles. The van der Waals surface area contributed by atoms with E-state index in [2.05, 4.69) is 5.10 Å². The molecule has 7 nitrogen and oxygen atoms in total. The fourth-order valence-electron chi connectivity index (χ4n) is 3.06. The van der Waals surface area contributed by atoms with Gasteiger partial charge in [-0.15, -0.1) is 0 Å². The molecule has 0 aromatic carbocycles. The molecule has 3 rings (SSSR count). The van der Waals surface area contributed by atoms with Crippen molar-refractivity contribution in [1.29, 1.82) is 0 Å². The summed E-state index contributed by atoms with van der Waals surface area (Å²) in [6.45, 7) is 7.09. The number of hydrogen-bond acceptors (Lipinski definition) is 4. The number of amides is 1. The van der Waals surface area contributed by atoms with Crippen LogP contribution in [0.5, 0.6) is 0 Å². The third-order valence-electron chi connectivity index (χ3n) is 4.27. The zero-order valence-corrected chi connectivity index (χ0v) is 14.5. The molecule has 0 radical (unpaired) electrons. The lowest BCUT2D eigenvalue weighted by Crippen LogP contribution is -2.41. The first-order valence-corrected chi connectivity index (χ1v) is 8.47. The summed E-state index contributed by atoms with van der Waals surface area (Å²) in [4.78, 5) is 25.2. The summed E-state index contributed by atoms with van der Waals surface area (Å²) in [6.07, 6.45) is 3.98. The Hall–Kier alpha value is -2.05. The molecule has 2 heterocycles. The second kappa shape index (κ2) is 6.11. The van der Waals surface area contributed by atoms with Gasteiger partial charge in [0.25, 0.3) is 0 Å². The first-order chi connectivity index (χ1) is 11.2. The van der Waals surface area contributed by atoms with Gasteiger partial charge in [0.15, 0.2) is 0 Å². The van der Waals surface area contributed by atoms with Crippen LogP contribution in [0, 0.1) is 5.92 Å². The Kier molecular flexibility index (Phi) is 4.27. The molecule has 24 heavy (non-hydrogen) atoms. The summed E-state index contributed by atoms with van der Waals surface area (Å²) in [7, 11) is 0. The van der Waals surface area contributed by atoms with E-state index in [0.29, 0.717) is 19.0 Å². The Labute approximate surface area is 141 Å². The normalized spacial score (nSPS) is 20.6. The molecule has 1 N–H and O–H groups in total. The van der Waals surface area contributed by atoms with Crippen molar-refractivity contribution in [2.75, 3.05) is 6.54 Å². The van der Waals surface area contributed by atoms with Crippen LogP contribution in [0.3, 0.4) is 0 Å². The monoisotopic (exact) mass is 335 g/mol. The smallest absolute Gasteiger partial charge is 0.410 e. The molecule has 1 saturated carbocycles. The number of fused-ring (bicyclic) bond motifs is 1. The van der Waals surface area contributed by atoms with Gasteiger partial charge >= 0.3 is 12.1 Å². The maximum atomic E-state index is 12.4. The van der Waals surface area contributed by atoms with Gasteiger partial charge in [-0.1, -0.05) is 0 Å². The van der Waals surface area contributed by atoms with Crippen LogP contribution >= 0.6 is 0 Å². The number of carboxylic acid groups (broad SMARTS) is 1. The Bertz CT molecular complexity index is 643. The summed E-state index contributed by atoms with van der Waals surface area (Å²) in [5.74, 6) is -0.487. The van der Waals surface area contributed by atoms with Gasteiger partial charge in [-0.2, -0.15) is 5.10 Å². The van der Waals surface area contributed by atoms with Crippen molar-refractivity contribution in [2.45, 2.75) is 64.6 Å². The Balaban J connectivity index is 1.80. The fourth-order valence-corrected chi connectivity index (χ4v) is 3.06. The van der Waals surface area contributed by atoms with E-state index in [1.54, 1.807) is 4.90 Å². The molecule has 1 unspecified atom stereocenters. The highest BCUT2D eigenvalue weighted by Crippen LogP contribution is 2.33. The summed E-state index contributed by atoms with van der Waals surface area (Å²) < 4.78 is 7.35. The van der Waals surface area contributed by atoms with E-state index >= 15 is 0 Å². The average Bonchev–Trinajstić information content (AvgIpc) is 3.13. The molecule has 1 fully saturated rings. The maximum Gasteiger partial charge on any atom is 0.410 e. The van der Waals surface area contributed by atoms with Gasteiger partial charge < -0.3 is 14.7 Å². The highest BCUT2D eigenvalue weighted by Gasteiger charge is 2.34. The Morgan fingerprint density at radius 3 is 2.67 bits per heavy atom. The van der Waals surface area contributed by atoms with Gasteiger partial charge in [0.1, 0.15) is 5.60 Å². The predicted octanol–water partition coefficient (Wildman–Crippen LogP) is 2.60. The van der Waals surface area contributed by atoms with Crippen LogP contribution in [0.25, 0.3) is 0 Å². The van der Waals surface area contributed by atoms with Gasteiger partial charge in [0, 0.05) is 30.8 Å². The highest BCUT2D eigenvalue weighted by molar-refractivity contribution is 5.70. The van der Waals surface area contributed by atoms with Crippen molar-refractivity contribution in [2.24, 2.45) is 5.92 Å². The van der Waals surface area contributed by atoms with E-state index in [0.717, 1.165) is 17.8 Å². The summed E-state index contributed by atoms with van der Waals surface area (Å²) in [5, 5.41) is 13.8. The number of ether oxygens (including phenoxy) is 1. The minimum atomic E-state index is -0.881. The van der Waals surface area contributed by atoms with Crippen molar-refractivity contribution in [1.82, 2.24) is 14.7 Å². The molecule has 0 bridgehead atoms. The number of carboxylic acids is 1. The molecule has 1 amide bonds. The van der Waals surface area contributed by atoms with Crippen LogP contribution in [0.4, 0.5) is 4.79 Å². The van der Waals surface area contributed by atoms with Gasteiger partial charge in [-0.3, -0.25) is 9.48 Å². The van der Waals surface area contributed by atoms with E-state index in [4.69, 9.17) is 4.74 Å². The third-order valence-corrected chi connectivity index (χ3v) is 4.27. The minimum absolute atomic E-state index is 0.0350.